The highest BCUT2D eigenvalue weighted by Gasteiger charge is 2.41. The lowest BCUT2D eigenvalue weighted by Gasteiger charge is -2.38. The number of hydrogen-bond donors (Lipinski definition) is 1. The number of nitrogens with two attached hydrogens (primary N) is 1. The first kappa shape index (κ1) is 15.7. The first-order chi connectivity index (χ1) is 7.26. The molecule has 98 valence electrons. The molecule has 1 unspecified atom stereocenters. The van der Waals surface area contributed by atoms with E-state index in [9.17, 15) is 17.2 Å². The first-order valence-electron chi connectivity index (χ1n) is 5.26. The van der Waals surface area contributed by atoms with E-state index in [-0.39, 0.29) is 13.1 Å². The van der Waals surface area contributed by atoms with Gasteiger partial charge in [0.15, 0.2) is 0 Å². The highest BCUT2D eigenvalue weighted by molar-refractivity contribution is 7.89. The van der Waals surface area contributed by atoms with Gasteiger partial charge in [-0.2, -0.15) is 13.1 Å². The maximum absolute atomic E-state index is 12.5. The van der Waals surface area contributed by atoms with Crippen molar-refractivity contribution in [2.45, 2.75) is 44.9 Å². The van der Waals surface area contributed by atoms with E-state index in [1.165, 1.54) is 0 Å². The van der Waals surface area contributed by atoms with Crippen molar-refractivity contribution in [2.24, 2.45) is 5.73 Å². The van der Waals surface area contributed by atoms with Gasteiger partial charge in [-0.25, -0.2) is 8.42 Å². The molecule has 0 aliphatic rings. The summed E-state index contributed by atoms with van der Waals surface area (Å²) in [7, 11) is -4.56. The number of hydrogen-bond acceptors (Lipinski definition) is 3. The number of sulfonamides is 1. The number of rotatable bonds is 7. The van der Waals surface area contributed by atoms with E-state index in [0.717, 1.165) is 4.31 Å². The Labute approximate surface area is 95.9 Å². The molecule has 0 bridgehead atoms. The predicted octanol–water partition coefficient (Wildman–Crippen LogP) is 1.38. The third kappa shape index (κ3) is 3.11. The molecule has 0 fully saturated rings. The molecule has 7 heteroatoms. The first-order valence-corrected chi connectivity index (χ1v) is 6.76. The van der Waals surface area contributed by atoms with Crippen molar-refractivity contribution in [1.82, 2.24) is 4.31 Å². The monoisotopic (exact) mass is 258 g/mol. The molecule has 0 aliphatic carbocycles. The van der Waals surface area contributed by atoms with E-state index in [2.05, 4.69) is 0 Å². The smallest absolute Gasteiger partial charge is 0.329 e. The Hall–Kier alpha value is -0.270. The van der Waals surface area contributed by atoms with Gasteiger partial charge in [0.05, 0.1) is 0 Å². The van der Waals surface area contributed by atoms with Crippen LogP contribution in [0.3, 0.4) is 0 Å². The third-order valence-corrected chi connectivity index (χ3v) is 4.45. The number of halogens is 2. The Morgan fingerprint density at radius 3 is 2.12 bits per heavy atom. The molecule has 0 saturated carbocycles. The van der Waals surface area contributed by atoms with Gasteiger partial charge in [-0.1, -0.05) is 13.8 Å². The van der Waals surface area contributed by atoms with Crippen LogP contribution < -0.4 is 5.73 Å². The van der Waals surface area contributed by atoms with Gasteiger partial charge in [0, 0.05) is 18.6 Å². The second-order valence-corrected chi connectivity index (χ2v) is 5.76. The lowest BCUT2D eigenvalue weighted by Crippen LogP contribution is -2.55. The van der Waals surface area contributed by atoms with Gasteiger partial charge in [-0.05, 0) is 19.8 Å². The van der Waals surface area contributed by atoms with Gasteiger partial charge in [0.1, 0.15) is 0 Å². The van der Waals surface area contributed by atoms with Gasteiger partial charge >= 0.3 is 5.76 Å². The van der Waals surface area contributed by atoms with Crippen LogP contribution in [0.5, 0.6) is 0 Å². The Bertz CT molecular complexity index is 303. The molecule has 0 aromatic carbocycles. The quantitative estimate of drug-likeness (QED) is 0.750. The Kier molecular flexibility index (Phi) is 5.78. The summed E-state index contributed by atoms with van der Waals surface area (Å²) < 4.78 is 48.9. The molecule has 1 atom stereocenters. The summed E-state index contributed by atoms with van der Waals surface area (Å²) in [5.41, 5.74) is 4.56. The SMILES string of the molecule is CCCN(C(C)(CC)CN)S(=O)(=O)C(F)F. The largest absolute Gasteiger partial charge is 0.350 e. The topological polar surface area (TPSA) is 63.4 Å². The fraction of sp³-hybridized carbons (Fsp3) is 1.00. The van der Waals surface area contributed by atoms with Gasteiger partial charge < -0.3 is 5.73 Å². The third-order valence-electron chi connectivity index (χ3n) is 2.76. The van der Waals surface area contributed by atoms with E-state index in [1.807, 2.05) is 0 Å². The molecule has 0 amide bonds. The molecule has 16 heavy (non-hydrogen) atoms. The van der Waals surface area contributed by atoms with E-state index >= 15 is 0 Å². The van der Waals surface area contributed by atoms with E-state index in [4.69, 9.17) is 5.73 Å². The standard InChI is InChI=1S/C9H20F2N2O2S/c1-4-6-13(9(3,5-2)7-12)16(14,15)8(10)11/h8H,4-7,12H2,1-3H3. The number of alkyl halides is 2. The van der Waals surface area contributed by atoms with Gasteiger partial charge in [0.2, 0.25) is 0 Å². The van der Waals surface area contributed by atoms with Crippen LogP contribution in [0.1, 0.15) is 33.6 Å². The van der Waals surface area contributed by atoms with Crippen LogP contribution in [0.2, 0.25) is 0 Å². The summed E-state index contributed by atoms with van der Waals surface area (Å²) in [6, 6.07) is 0. The molecule has 0 heterocycles. The van der Waals surface area contributed by atoms with E-state index < -0.39 is 21.3 Å². The second-order valence-electron chi connectivity index (χ2n) is 3.93. The zero-order valence-corrected chi connectivity index (χ0v) is 10.7. The fourth-order valence-corrected chi connectivity index (χ4v) is 2.87. The van der Waals surface area contributed by atoms with Crippen LogP contribution >= 0.6 is 0 Å². The molecule has 0 saturated heterocycles. The van der Waals surface area contributed by atoms with E-state index in [0.29, 0.717) is 12.8 Å². The molecular formula is C9H20F2N2O2S. The lowest BCUT2D eigenvalue weighted by atomic mass is 9.99. The molecule has 0 spiro atoms. The Balaban J connectivity index is 5.31. The van der Waals surface area contributed by atoms with Crippen molar-refractivity contribution in [1.29, 1.82) is 0 Å². The minimum absolute atomic E-state index is 0.0233. The molecule has 0 rings (SSSR count). The highest BCUT2D eigenvalue weighted by Crippen LogP contribution is 2.25. The average Bonchev–Trinajstić information content (AvgIpc) is 2.24. The summed E-state index contributed by atoms with van der Waals surface area (Å²) in [4.78, 5) is 0. The predicted molar refractivity (Wildman–Crippen MR) is 59.7 cm³/mol. The molecule has 0 aromatic rings. The fourth-order valence-electron chi connectivity index (χ4n) is 1.43. The van der Waals surface area contributed by atoms with Crippen molar-refractivity contribution in [3.05, 3.63) is 0 Å². The van der Waals surface area contributed by atoms with Crippen LogP contribution in [0.25, 0.3) is 0 Å². The normalized spacial score (nSPS) is 16.8. The van der Waals surface area contributed by atoms with Gasteiger partial charge in [-0.15, -0.1) is 0 Å². The summed E-state index contributed by atoms with van der Waals surface area (Å²) in [5, 5.41) is 0. The van der Waals surface area contributed by atoms with E-state index in [1.54, 1.807) is 20.8 Å². The van der Waals surface area contributed by atoms with Crippen LogP contribution in [-0.2, 0) is 10.0 Å². The maximum atomic E-state index is 12.5. The molecule has 0 aromatic heterocycles. The Morgan fingerprint density at radius 1 is 1.38 bits per heavy atom. The van der Waals surface area contributed by atoms with Gasteiger partial charge in [0.25, 0.3) is 10.0 Å². The highest BCUT2D eigenvalue weighted by atomic mass is 32.2. The molecular weight excluding hydrogens is 238 g/mol. The summed E-state index contributed by atoms with van der Waals surface area (Å²) in [6.07, 6.45) is 0.872. The van der Waals surface area contributed by atoms with Crippen LogP contribution in [0.15, 0.2) is 0 Å². The van der Waals surface area contributed by atoms with Crippen LogP contribution in [0, 0.1) is 0 Å². The van der Waals surface area contributed by atoms with Crippen molar-refractivity contribution in [3.63, 3.8) is 0 Å². The molecule has 0 aliphatic heterocycles. The summed E-state index contributed by atoms with van der Waals surface area (Å²) >= 11 is 0. The molecule has 2 N–H and O–H groups in total. The summed E-state index contributed by atoms with van der Waals surface area (Å²) in [5.74, 6) is -3.39. The van der Waals surface area contributed by atoms with Crippen molar-refractivity contribution >= 4 is 10.0 Å². The average molecular weight is 258 g/mol. The van der Waals surface area contributed by atoms with Gasteiger partial charge in [-0.3, -0.25) is 0 Å². The van der Waals surface area contributed by atoms with Crippen molar-refractivity contribution in [3.8, 4) is 0 Å². The Morgan fingerprint density at radius 2 is 1.88 bits per heavy atom. The lowest BCUT2D eigenvalue weighted by molar-refractivity contribution is 0.169. The zero-order chi connectivity index (χ0) is 13.0. The minimum Gasteiger partial charge on any atom is -0.329 e. The number of nitrogens with zero attached hydrogens (tertiary/aromatic N) is 1. The summed E-state index contributed by atoms with van der Waals surface area (Å²) in [6.45, 7) is 5.14. The van der Waals surface area contributed by atoms with Crippen LogP contribution in [0.4, 0.5) is 8.78 Å². The maximum Gasteiger partial charge on any atom is 0.350 e. The zero-order valence-electron chi connectivity index (χ0n) is 9.91. The van der Waals surface area contributed by atoms with Crippen LogP contribution in [-0.4, -0.2) is 37.1 Å². The molecule has 0 radical (unpaired) electrons. The van der Waals surface area contributed by atoms with Crippen molar-refractivity contribution in [2.75, 3.05) is 13.1 Å². The molecule has 4 nitrogen and oxygen atoms in total. The van der Waals surface area contributed by atoms with Crippen molar-refractivity contribution < 1.29 is 17.2 Å². The minimum atomic E-state index is -4.56. The second kappa shape index (κ2) is 5.88.